The van der Waals surface area contributed by atoms with Gasteiger partial charge in [0.15, 0.2) is 0 Å². The Labute approximate surface area is 183 Å². The summed E-state index contributed by atoms with van der Waals surface area (Å²) < 4.78 is 11.0. The van der Waals surface area contributed by atoms with E-state index in [2.05, 4.69) is 17.2 Å². The molecule has 0 spiro atoms. The van der Waals surface area contributed by atoms with Crippen molar-refractivity contribution < 1.29 is 14.3 Å². The van der Waals surface area contributed by atoms with Crippen LogP contribution in [0.25, 0.3) is 0 Å². The molecule has 0 unspecified atom stereocenters. The third kappa shape index (κ3) is 6.67. The average molecular weight is 418 g/mol. The first kappa shape index (κ1) is 22.0. The molecule has 3 aromatic rings. The number of esters is 1. The molecular formula is C25H27N3O3. The molecule has 0 heterocycles. The summed E-state index contributed by atoms with van der Waals surface area (Å²) in [6.45, 7) is 2.80. The number of benzene rings is 3. The summed E-state index contributed by atoms with van der Waals surface area (Å²) in [6.07, 6.45) is 2.09. The van der Waals surface area contributed by atoms with Gasteiger partial charge in [0.25, 0.3) is 0 Å². The Hall–Kier alpha value is -3.67. The maximum absolute atomic E-state index is 12.4. The molecule has 160 valence electrons. The minimum absolute atomic E-state index is 0.428. The fourth-order valence-corrected chi connectivity index (χ4v) is 2.70. The van der Waals surface area contributed by atoms with Crippen molar-refractivity contribution in [3.63, 3.8) is 0 Å². The number of anilines is 1. The predicted octanol–water partition coefficient (Wildman–Crippen LogP) is 6.57. The number of unbranched alkanes of at least 4 members (excludes halogenated alkanes) is 1. The molecule has 0 amide bonds. The third-order valence-corrected chi connectivity index (χ3v) is 4.55. The van der Waals surface area contributed by atoms with Crippen LogP contribution in [-0.4, -0.2) is 26.7 Å². The minimum atomic E-state index is -0.428. The molecule has 0 atom stereocenters. The van der Waals surface area contributed by atoms with Crippen LogP contribution in [0.4, 0.5) is 17.1 Å². The molecular weight excluding hydrogens is 390 g/mol. The van der Waals surface area contributed by atoms with Crippen LogP contribution in [-0.2, 0) is 0 Å². The van der Waals surface area contributed by atoms with E-state index in [9.17, 15) is 4.79 Å². The van der Waals surface area contributed by atoms with Crippen molar-refractivity contribution in [1.82, 2.24) is 0 Å². The molecule has 0 radical (unpaired) electrons. The van der Waals surface area contributed by atoms with Gasteiger partial charge >= 0.3 is 5.97 Å². The van der Waals surface area contributed by atoms with Gasteiger partial charge in [0.1, 0.15) is 11.5 Å². The highest BCUT2D eigenvalue weighted by atomic mass is 16.5. The molecule has 0 saturated heterocycles. The molecule has 0 bridgehead atoms. The summed E-state index contributed by atoms with van der Waals surface area (Å²) >= 11 is 0. The van der Waals surface area contributed by atoms with Gasteiger partial charge in [0.2, 0.25) is 0 Å². The van der Waals surface area contributed by atoms with Gasteiger partial charge in [-0.15, -0.1) is 0 Å². The second-order valence-electron chi connectivity index (χ2n) is 7.22. The van der Waals surface area contributed by atoms with E-state index in [0.29, 0.717) is 23.6 Å². The topological polar surface area (TPSA) is 63.5 Å². The summed E-state index contributed by atoms with van der Waals surface area (Å²) in [4.78, 5) is 14.4. The highest BCUT2D eigenvalue weighted by molar-refractivity contribution is 5.91. The molecule has 0 N–H and O–H groups in total. The fourth-order valence-electron chi connectivity index (χ4n) is 2.70. The van der Waals surface area contributed by atoms with Gasteiger partial charge in [-0.1, -0.05) is 13.3 Å². The van der Waals surface area contributed by atoms with Gasteiger partial charge in [-0.2, -0.15) is 10.2 Å². The van der Waals surface area contributed by atoms with E-state index in [0.717, 1.165) is 30.0 Å². The summed E-state index contributed by atoms with van der Waals surface area (Å²) in [5.41, 5.74) is 2.95. The summed E-state index contributed by atoms with van der Waals surface area (Å²) in [5, 5.41) is 8.45. The zero-order valence-corrected chi connectivity index (χ0v) is 18.1. The van der Waals surface area contributed by atoms with Crippen molar-refractivity contribution >= 4 is 23.0 Å². The van der Waals surface area contributed by atoms with Crippen LogP contribution < -0.4 is 14.4 Å². The molecule has 0 aliphatic heterocycles. The van der Waals surface area contributed by atoms with Crippen molar-refractivity contribution in [2.24, 2.45) is 10.2 Å². The van der Waals surface area contributed by atoms with Crippen molar-refractivity contribution in [3.05, 3.63) is 78.4 Å². The number of carbonyl (C=O) groups excluding carboxylic acids is 1. The lowest BCUT2D eigenvalue weighted by Crippen LogP contribution is -2.08. The second kappa shape index (κ2) is 10.9. The van der Waals surface area contributed by atoms with Gasteiger partial charge in [-0.05, 0) is 79.2 Å². The Kier molecular flexibility index (Phi) is 7.76. The third-order valence-electron chi connectivity index (χ3n) is 4.55. The first-order valence-electron chi connectivity index (χ1n) is 10.3. The van der Waals surface area contributed by atoms with Crippen LogP contribution in [0.2, 0.25) is 0 Å². The SMILES string of the molecule is CCCCOc1ccc(OC(=O)c2ccc(N=Nc3ccc(N(C)C)cc3)cc2)cc1. The molecule has 3 rings (SSSR count). The Bertz CT molecular complexity index is 996. The van der Waals surface area contributed by atoms with Crippen molar-refractivity contribution in [3.8, 4) is 11.5 Å². The quantitative estimate of drug-likeness (QED) is 0.171. The molecule has 0 saturated carbocycles. The normalized spacial score (nSPS) is 10.8. The molecule has 6 heteroatoms. The molecule has 0 aliphatic rings. The summed E-state index contributed by atoms with van der Waals surface area (Å²) in [7, 11) is 3.97. The van der Waals surface area contributed by atoms with E-state index in [-0.39, 0.29) is 0 Å². The largest absolute Gasteiger partial charge is 0.494 e. The van der Waals surface area contributed by atoms with Crippen LogP contribution in [0, 0.1) is 0 Å². The molecule has 0 aliphatic carbocycles. The molecule has 0 fully saturated rings. The average Bonchev–Trinajstić information content (AvgIpc) is 2.79. The van der Waals surface area contributed by atoms with E-state index < -0.39 is 5.97 Å². The molecule has 3 aromatic carbocycles. The maximum atomic E-state index is 12.4. The molecule has 31 heavy (non-hydrogen) atoms. The maximum Gasteiger partial charge on any atom is 0.343 e. The van der Waals surface area contributed by atoms with Crippen LogP contribution in [0.15, 0.2) is 83.0 Å². The summed E-state index contributed by atoms with van der Waals surface area (Å²) in [6, 6.07) is 21.6. The van der Waals surface area contributed by atoms with Crippen LogP contribution >= 0.6 is 0 Å². The van der Waals surface area contributed by atoms with Crippen LogP contribution in [0.3, 0.4) is 0 Å². The molecule has 0 aromatic heterocycles. The summed E-state index contributed by atoms with van der Waals surface area (Å²) in [5.74, 6) is 0.805. The van der Waals surface area contributed by atoms with Crippen LogP contribution in [0.5, 0.6) is 11.5 Å². The van der Waals surface area contributed by atoms with Crippen molar-refractivity contribution in [2.45, 2.75) is 19.8 Å². The second-order valence-corrected chi connectivity index (χ2v) is 7.22. The van der Waals surface area contributed by atoms with Crippen LogP contribution in [0.1, 0.15) is 30.1 Å². The first-order chi connectivity index (χ1) is 15.0. The van der Waals surface area contributed by atoms with Gasteiger partial charge in [0, 0.05) is 19.8 Å². The Balaban J connectivity index is 1.56. The monoisotopic (exact) mass is 417 g/mol. The van der Waals surface area contributed by atoms with Crippen molar-refractivity contribution in [1.29, 1.82) is 0 Å². The number of hydrogen-bond acceptors (Lipinski definition) is 6. The fraction of sp³-hybridized carbons (Fsp3) is 0.240. The van der Waals surface area contributed by atoms with Gasteiger partial charge < -0.3 is 14.4 Å². The molecule has 6 nitrogen and oxygen atoms in total. The number of nitrogens with zero attached hydrogens (tertiary/aromatic N) is 3. The Morgan fingerprint density at radius 3 is 1.90 bits per heavy atom. The lowest BCUT2D eigenvalue weighted by atomic mass is 10.2. The van der Waals surface area contributed by atoms with Gasteiger partial charge in [-0.25, -0.2) is 4.79 Å². The zero-order chi connectivity index (χ0) is 22.1. The van der Waals surface area contributed by atoms with E-state index in [1.54, 1.807) is 48.5 Å². The Morgan fingerprint density at radius 2 is 1.35 bits per heavy atom. The Morgan fingerprint density at radius 1 is 0.806 bits per heavy atom. The lowest BCUT2D eigenvalue weighted by Gasteiger charge is -2.11. The van der Waals surface area contributed by atoms with E-state index in [4.69, 9.17) is 9.47 Å². The zero-order valence-electron chi connectivity index (χ0n) is 18.1. The number of rotatable bonds is 9. The minimum Gasteiger partial charge on any atom is -0.494 e. The number of hydrogen-bond donors (Lipinski definition) is 0. The van der Waals surface area contributed by atoms with Gasteiger partial charge in [0.05, 0.1) is 23.5 Å². The predicted molar refractivity (Wildman–Crippen MR) is 123 cm³/mol. The van der Waals surface area contributed by atoms with E-state index in [1.165, 1.54) is 0 Å². The number of ether oxygens (including phenoxy) is 2. The van der Waals surface area contributed by atoms with E-state index in [1.807, 2.05) is 43.3 Å². The first-order valence-corrected chi connectivity index (χ1v) is 10.3. The smallest absolute Gasteiger partial charge is 0.343 e. The number of carbonyl (C=O) groups is 1. The highest BCUT2D eigenvalue weighted by Gasteiger charge is 2.09. The standard InChI is InChI=1S/C25H27N3O3/c1-4-5-18-30-23-14-16-24(17-15-23)31-25(29)19-6-8-20(9-7-19)26-27-21-10-12-22(13-11-21)28(2)3/h6-17H,4-5,18H2,1-3H3. The number of azo groups is 1. The highest BCUT2D eigenvalue weighted by Crippen LogP contribution is 2.23. The van der Waals surface area contributed by atoms with Crippen molar-refractivity contribution in [2.75, 3.05) is 25.6 Å². The lowest BCUT2D eigenvalue weighted by molar-refractivity contribution is 0.0734. The van der Waals surface area contributed by atoms with E-state index >= 15 is 0 Å². The van der Waals surface area contributed by atoms with Gasteiger partial charge in [-0.3, -0.25) is 0 Å².